The monoisotopic (exact) mass is 326 g/mol. The molecule has 122 valence electrons. The van der Waals surface area contributed by atoms with Crippen LogP contribution in [0.25, 0.3) is 0 Å². The molecular weight excluding hydrogens is 304 g/mol. The van der Waals surface area contributed by atoms with Crippen LogP contribution < -0.4 is 15.4 Å². The molecular formula is C16H23ClN2O3. The van der Waals surface area contributed by atoms with Crippen LogP contribution in [0.4, 0.5) is 0 Å². The van der Waals surface area contributed by atoms with Crippen LogP contribution in [0.2, 0.25) is 0 Å². The van der Waals surface area contributed by atoms with E-state index in [0.717, 1.165) is 25.3 Å². The number of hydrogen-bond donors (Lipinski definition) is 2. The van der Waals surface area contributed by atoms with Gasteiger partial charge in [-0.1, -0.05) is 29.8 Å². The molecule has 0 atom stereocenters. The number of carbonyl (C=O) groups excluding carboxylic acids is 1. The maximum absolute atomic E-state index is 11.6. The number of benzene rings is 1. The molecule has 0 bridgehead atoms. The van der Waals surface area contributed by atoms with Crippen molar-refractivity contribution in [2.24, 2.45) is 0 Å². The Morgan fingerprint density at radius 1 is 1.23 bits per heavy atom. The molecule has 5 nitrogen and oxygen atoms in total. The molecule has 1 aromatic carbocycles. The van der Waals surface area contributed by atoms with Gasteiger partial charge in [0.05, 0.1) is 6.61 Å². The zero-order valence-corrected chi connectivity index (χ0v) is 13.4. The molecule has 0 radical (unpaired) electrons. The Morgan fingerprint density at radius 2 is 2.05 bits per heavy atom. The van der Waals surface area contributed by atoms with Gasteiger partial charge in [0, 0.05) is 13.1 Å². The van der Waals surface area contributed by atoms with Crippen molar-refractivity contribution in [3.63, 3.8) is 0 Å². The molecule has 1 amide bonds. The second kappa shape index (κ2) is 11.1. The third-order valence-corrected chi connectivity index (χ3v) is 3.14. The lowest BCUT2D eigenvalue weighted by atomic mass is 10.1. The first-order valence-corrected chi connectivity index (χ1v) is 7.25. The van der Waals surface area contributed by atoms with E-state index in [1.165, 1.54) is 5.57 Å². The SMILES string of the molecule is Cl.O=C(COCCOc1ccccc1)NCC1=CCNCC1. The molecule has 0 unspecified atom stereocenters. The zero-order valence-electron chi connectivity index (χ0n) is 12.5. The zero-order chi connectivity index (χ0) is 14.8. The second-order valence-corrected chi connectivity index (χ2v) is 4.81. The molecule has 1 heterocycles. The summed E-state index contributed by atoms with van der Waals surface area (Å²) < 4.78 is 10.8. The Labute approximate surface area is 137 Å². The average Bonchev–Trinajstić information content (AvgIpc) is 2.54. The first kappa shape index (κ1) is 18.5. The topological polar surface area (TPSA) is 59.6 Å². The van der Waals surface area contributed by atoms with E-state index >= 15 is 0 Å². The van der Waals surface area contributed by atoms with Gasteiger partial charge in [-0.3, -0.25) is 4.79 Å². The van der Waals surface area contributed by atoms with Gasteiger partial charge in [-0.2, -0.15) is 0 Å². The van der Waals surface area contributed by atoms with Gasteiger partial charge in [0.15, 0.2) is 0 Å². The Kier molecular flexibility index (Phi) is 9.30. The molecule has 1 aliphatic heterocycles. The minimum atomic E-state index is -0.0888. The predicted molar refractivity (Wildman–Crippen MR) is 88.6 cm³/mol. The molecule has 0 saturated carbocycles. The van der Waals surface area contributed by atoms with Gasteiger partial charge in [0.25, 0.3) is 0 Å². The van der Waals surface area contributed by atoms with E-state index in [-0.39, 0.29) is 24.9 Å². The number of para-hydroxylation sites is 1. The van der Waals surface area contributed by atoms with Gasteiger partial charge >= 0.3 is 0 Å². The fourth-order valence-corrected chi connectivity index (χ4v) is 1.99. The van der Waals surface area contributed by atoms with E-state index in [9.17, 15) is 4.79 Å². The van der Waals surface area contributed by atoms with Crippen molar-refractivity contribution in [3.05, 3.63) is 42.0 Å². The van der Waals surface area contributed by atoms with Crippen LogP contribution in [0.1, 0.15) is 6.42 Å². The van der Waals surface area contributed by atoms with Crippen LogP contribution in [0, 0.1) is 0 Å². The van der Waals surface area contributed by atoms with Gasteiger partial charge in [-0.05, 0) is 25.1 Å². The molecule has 0 aromatic heterocycles. The third-order valence-electron chi connectivity index (χ3n) is 3.14. The fraction of sp³-hybridized carbons (Fsp3) is 0.438. The molecule has 2 rings (SSSR count). The molecule has 0 spiro atoms. The van der Waals surface area contributed by atoms with E-state index in [1.54, 1.807) is 0 Å². The molecule has 2 N–H and O–H groups in total. The third kappa shape index (κ3) is 7.45. The summed E-state index contributed by atoms with van der Waals surface area (Å²) in [4.78, 5) is 11.6. The minimum absolute atomic E-state index is 0. The Balaban J connectivity index is 0.00000242. The summed E-state index contributed by atoms with van der Waals surface area (Å²) in [5, 5.41) is 6.10. The van der Waals surface area contributed by atoms with Crippen LogP contribution in [-0.2, 0) is 9.53 Å². The number of rotatable bonds is 8. The highest BCUT2D eigenvalue weighted by molar-refractivity contribution is 5.85. The van der Waals surface area contributed by atoms with Gasteiger partial charge in [0.1, 0.15) is 19.0 Å². The van der Waals surface area contributed by atoms with Crippen molar-refractivity contribution >= 4 is 18.3 Å². The highest BCUT2D eigenvalue weighted by atomic mass is 35.5. The van der Waals surface area contributed by atoms with Gasteiger partial charge in [0.2, 0.25) is 5.91 Å². The largest absolute Gasteiger partial charge is 0.491 e. The molecule has 1 aliphatic rings. The normalized spacial score (nSPS) is 13.7. The molecule has 22 heavy (non-hydrogen) atoms. The highest BCUT2D eigenvalue weighted by Gasteiger charge is 2.05. The van der Waals surface area contributed by atoms with Crippen molar-refractivity contribution in [1.82, 2.24) is 10.6 Å². The lowest BCUT2D eigenvalue weighted by Crippen LogP contribution is -2.32. The summed E-state index contributed by atoms with van der Waals surface area (Å²) in [7, 11) is 0. The fourth-order valence-electron chi connectivity index (χ4n) is 1.99. The van der Waals surface area contributed by atoms with Gasteiger partial charge < -0.3 is 20.1 Å². The summed E-state index contributed by atoms with van der Waals surface area (Å²) in [5.41, 5.74) is 1.27. The van der Waals surface area contributed by atoms with Crippen molar-refractivity contribution in [2.75, 3.05) is 39.5 Å². The maximum Gasteiger partial charge on any atom is 0.246 e. The van der Waals surface area contributed by atoms with Crippen molar-refractivity contribution in [2.45, 2.75) is 6.42 Å². The summed E-state index contributed by atoms with van der Waals surface area (Å²) in [6.07, 6.45) is 3.12. The van der Waals surface area contributed by atoms with Crippen LogP contribution in [0.5, 0.6) is 5.75 Å². The lowest BCUT2D eigenvalue weighted by molar-refractivity contribution is -0.125. The molecule has 1 aromatic rings. The maximum atomic E-state index is 11.6. The first-order valence-electron chi connectivity index (χ1n) is 7.25. The Morgan fingerprint density at radius 3 is 2.77 bits per heavy atom. The van der Waals surface area contributed by atoms with Crippen LogP contribution in [0.15, 0.2) is 42.0 Å². The number of amides is 1. The number of carbonyl (C=O) groups is 1. The molecule has 6 heteroatoms. The second-order valence-electron chi connectivity index (χ2n) is 4.81. The van der Waals surface area contributed by atoms with Gasteiger partial charge in [-0.25, -0.2) is 0 Å². The smallest absolute Gasteiger partial charge is 0.246 e. The molecule has 0 fully saturated rings. The summed E-state index contributed by atoms with van der Waals surface area (Å²) >= 11 is 0. The minimum Gasteiger partial charge on any atom is -0.491 e. The van der Waals surface area contributed by atoms with E-state index in [2.05, 4.69) is 16.7 Å². The quantitative estimate of drug-likeness (QED) is 0.562. The first-order chi connectivity index (χ1) is 10.3. The molecule has 0 aliphatic carbocycles. The van der Waals surface area contributed by atoms with E-state index in [1.807, 2.05) is 30.3 Å². The summed E-state index contributed by atoms with van der Waals surface area (Å²) in [6, 6.07) is 9.54. The van der Waals surface area contributed by atoms with E-state index in [4.69, 9.17) is 9.47 Å². The average molecular weight is 327 g/mol. The van der Waals surface area contributed by atoms with Crippen LogP contribution in [-0.4, -0.2) is 45.4 Å². The van der Waals surface area contributed by atoms with Gasteiger partial charge in [-0.15, -0.1) is 12.4 Å². The van der Waals surface area contributed by atoms with E-state index < -0.39 is 0 Å². The predicted octanol–water partition coefficient (Wildman–Crippen LogP) is 1.54. The van der Waals surface area contributed by atoms with Crippen molar-refractivity contribution in [3.8, 4) is 5.75 Å². The lowest BCUT2D eigenvalue weighted by Gasteiger charge is -2.14. The van der Waals surface area contributed by atoms with Crippen LogP contribution in [0.3, 0.4) is 0 Å². The summed E-state index contributed by atoms with van der Waals surface area (Å²) in [5.74, 6) is 0.720. The standard InChI is InChI=1S/C16H22N2O3.ClH/c19-16(18-12-14-6-8-17-9-7-14)13-20-10-11-21-15-4-2-1-3-5-15;/h1-6,17H,7-13H2,(H,18,19);1H. The summed E-state index contributed by atoms with van der Waals surface area (Å²) in [6.45, 7) is 3.39. The van der Waals surface area contributed by atoms with E-state index in [0.29, 0.717) is 19.8 Å². The Hall–Kier alpha value is -1.56. The van der Waals surface area contributed by atoms with Crippen LogP contribution >= 0.6 is 12.4 Å². The Bertz CT molecular complexity index is 466. The number of ether oxygens (including phenoxy) is 2. The highest BCUT2D eigenvalue weighted by Crippen LogP contribution is 2.07. The van der Waals surface area contributed by atoms with Crippen molar-refractivity contribution < 1.29 is 14.3 Å². The number of hydrogen-bond acceptors (Lipinski definition) is 4. The number of nitrogens with one attached hydrogen (secondary N) is 2. The number of halogens is 1. The van der Waals surface area contributed by atoms with Crippen molar-refractivity contribution in [1.29, 1.82) is 0 Å². The molecule has 0 saturated heterocycles.